The second-order valence-corrected chi connectivity index (χ2v) is 4.28. The minimum Gasteiger partial charge on any atom is -0.427 e. The van der Waals surface area contributed by atoms with Crippen LogP contribution < -0.4 is 0 Å². The van der Waals surface area contributed by atoms with Crippen molar-refractivity contribution in [3.8, 4) is 0 Å². The molecular weight excluding hydrogens is 219 g/mol. The van der Waals surface area contributed by atoms with Crippen LogP contribution in [0.25, 0.3) is 0 Å². The second kappa shape index (κ2) is 6.57. The van der Waals surface area contributed by atoms with E-state index in [0.29, 0.717) is 0 Å². The highest BCUT2D eigenvalue weighted by molar-refractivity contribution is 7.86. The summed E-state index contributed by atoms with van der Waals surface area (Å²) in [6.45, 7) is 1.28. The van der Waals surface area contributed by atoms with Crippen LogP contribution in [0.4, 0.5) is 0 Å². The molecule has 0 aromatic heterocycles. The molecule has 0 unspecified atom stereocenters. The second-order valence-electron chi connectivity index (χ2n) is 2.57. The summed E-state index contributed by atoms with van der Waals surface area (Å²) in [7, 11) is -3.52. The molecule has 0 atom stereocenters. The smallest absolute Gasteiger partial charge is 0.427 e. The van der Waals surface area contributed by atoms with Crippen LogP contribution in [0.2, 0.25) is 6.82 Å². The molecule has 0 aliphatic carbocycles. The van der Waals surface area contributed by atoms with Crippen LogP contribution in [0.1, 0.15) is 0 Å². The molecule has 1 aromatic carbocycles. The molecular formula is C8H13BO5S. The van der Waals surface area contributed by atoms with Gasteiger partial charge in [0.05, 0.1) is 12.0 Å². The Balaban J connectivity index is 0.000000423. The van der Waals surface area contributed by atoms with E-state index in [1.165, 1.54) is 19.0 Å². The van der Waals surface area contributed by atoms with Crippen molar-refractivity contribution in [3.63, 3.8) is 0 Å². The Hall–Kier alpha value is -0.885. The molecule has 0 heterocycles. The van der Waals surface area contributed by atoms with Gasteiger partial charge < -0.3 is 10.0 Å². The molecule has 15 heavy (non-hydrogen) atoms. The predicted octanol–water partition coefficient (Wildman–Crippen LogP) is 0.111. The van der Waals surface area contributed by atoms with Gasteiger partial charge in [0.15, 0.2) is 0 Å². The molecule has 0 fully saturated rings. The Bertz CT molecular complexity index is 359. The lowest BCUT2D eigenvalue weighted by atomic mass is 9.99. The van der Waals surface area contributed by atoms with E-state index in [1.807, 2.05) is 0 Å². The topological polar surface area (TPSA) is 83.8 Å². The number of hydrogen-bond donors (Lipinski definition) is 2. The van der Waals surface area contributed by atoms with E-state index in [-0.39, 0.29) is 4.90 Å². The molecule has 0 aliphatic rings. The van der Waals surface area contributed by atoms with Gasteiger partial charge in [-0.15, -0.1) is 0 Å². The zero-order valence-corrected chi connectivity index (χ0v) is 9.31. The zero-order valence-electron chi connectivity index (χ0n) is 8.49. The summed E-state index contributed by atoms with van der Waals surface area (Å²) >= 11 is 0. The van der Waals surface area contributed by atoms with Crippen molar-refractivity contribution in [2.24, 2.45) is 0 Å². The summed E-state index contributed by atoms with van der Waals surface area (Å²) in [5, 5.41) is 15.2. The standard InChI is InChI=1S/C7H8O3S.CH5BO2/c1-10-11(8,9)7-5-3-2-4-6-7;1-2(3)4/h2-6H,1H3;3-4H,1H3. The Labute approximate surface area is 89.6 Å². The van der Waals surface area contributed by atoms with Crippen LogP contribution in [0.15, 0.2) is 35.2 Å². The van der Waals surface area contributed by atoms with Crippen LogP contribution in [0, 0.1) is 0 Å². The summed E-state index contributed by atoms with van der Waals surface area (Å²) in [5.41, 5.74) is 0. The largest absolute Gasteiger partial charge is 0.448 e. The van der Waals surface area contributed by atoms with Gasteiger partial charge in [-0.2, -0.15) is 8.42 Å². The van der Waals surface area contributed by atoms with E-state index < -0.39 is 17.2 Å². The summed E-state index contributed by atoms with van der Waals surface area (Å²) < 4.78 is 26.3. The lowest BCUT2D eigenvalue weighted by Crippen LogP contribution is -2.01. The SMILES string of the molecule is CB(O)O.COS(=O)(=O)c1ccccc1. The molecule has 0 spiro atoms. The number of benzene rings is 1. The first kappa shape index (κ1) is 14.1. The molecule has 84 valence electrons. The van der Waals surface area contributed by atoms with Gasteiger partial charge in [-0.25, -0.2) is 0 Å². The minimum atomic E-state index is -3.50. The van der Waals surface area contributed by atoms with Crippen LogP contribution in [-0.2, 0) is 14.3 Å². The fourth-order valence-corrected chi connectivity index (χ4v) is 1.37. The summed E-state index contributed by atoms with van der Waals surface area (Å²) in [4.78, 5) is 0.183. The van der Waals surface area contributed by atoms with Crippen LogP contribution >= 0.6 is 0 Å². The van der Waals surface area contributed by atoms with Crippen molar-refractivity contribution in [1.82, 2.24) is 0 Å². The van der Waals surface area contributed by atoms with Gasteiger partial charge in [0.25, 0.3) is 10.1 Å². The van der Waals surface area contributed by atoms with E-state index in [9.17, 15) is 8.42 Å². The summed E-state index contributed by atoms with van der Waals surface area (Å²) in [6.07, 6.45) is 0. The maximum Gasteiger partial charge on any atom is 0.448 e. The average molecular weight is 232 g/mol. The third kappa shape index (κ3) is 6.24. The van der Waals surface area contributed by atoms with Crippen molar-refractivity contribution >= 4 is 17.2 Å². The van der Waals surface area contributed by atoms with Crippen molar-refractivity contribution in [2.45, 2.75) is 11.7 Å². The fourth-order valence-electron chi connectivity index (χ4n) is 0.683. The van der Waals surface area contributed by atoms with Gasteiger partial charge in [-0.1, -0.05) is 18.2 Å². The van der Waals surface area contributed by atoms with Gasteiger partial charge in [0, 0.05) is 0 Å². The van der Waals surface area contributed by atoms with Gasteiger partial charge in [0.2, 0.25) is 0 Å². The highest BCUT2D eigenvalue weighted by Gasteiger charge is 2.10. The van der Waals surface area contributed by atoms with E-state index in [4.69, 9.17) is 10.0 Å². The Morgan fingerprint density at radius 2 is 1.60 bits per heavy atom. The minimum absolute atomic E-state index is 0.183. The van der Waals surface area contributed by atoms with Crippen LogP contribution in [0.3, 0.4) is 0 Å². The lowest BCUT2D eigenvalue weighted by molar-refractivity contribution is 0.397. The molecule has 7 heteroatoms. The van der Waals surface area contributed by atoms with Crippen LogP contribution in [0.5, 0.6) is 0 Å². The van der Waals surface area contributed by atoms with Crippen LogP contribution in [-0.4, -0.2) is 32.7 Å². The lowest BCUT2D eigenvalue weighted by Gasteiger charge is -1.98. The van der Waals surface area contributed by atoms with Gasteiger partial charge >= 0.3 is 7.12 Å². The normalized spacial score (nSPS) is 10.1. The maximum atomic E-state index is 11.0. The molecule has 0 aliphatic heterocycles. The average Bonchev–Trinajstić information content (AvgIpc) is 2.18. The van der Waals surface area contributed by atoms with Gasteiger partial charge in [0.1, 0.15) is 0 Å². The van der Waals surface area contributed by atoms with E-state index in [1.54, 1.807) is 18.2 Å². The maximum absolute atomic E-state index is 11.0. The first-order chi connectivity index (χ1) is 6.90. The Morgan fingerprint density at radius 3 is 1.93 bits per heavy atom. The van der Waals surface area contributed by atoms with Crippen molar-refractivity contribution < 1.29 is 22.6 Å². The molecule has 5 nitrogen and oxygen atoms in total. The van der Waals surface area contributed by atoms with Crippen molar-refractivity contribution in [1.29, 1.82) is 0 Å². The fraction of sp³-hybridized carbons (Fsp3) is 0.250. The zero-order chi connectivity index (χ0) is 11.9. The van der Waals surface area contributed by atoms with Crippen molar-refractivity contribution in [3.05, 3.63) is 30.3 Å². The molecule has 2 N–H and O–H groups in total. The van der Waals surface area contributed by atoms with Crippen molar-refractivity contribution in [2.75, 3.05) is 7.11 Å². The first-order valence-electron chi connectivity index (χ1n) is 4.12. The quantitative estimate of drug-likeness (QED) is 0.558. The molecule has 1 rings (SSSR count). The van der Waals surface area contributed by atoms with Gasteiger partial charge in [-0.3, -0.25) is 4.18 Å². The highest BCUT2D eigenvalue weighted by atomic mass is 32.2. The van der Waals surface area contributed by atoms with E-state index in [0.717, 1.165) is 7.11 Å². The van der Waals surface area contributed by atoms with Gasteiger partial charge in [-0.05, 0) is 19.0 Å². The summed E-state index contributed by atoms with van der Waals surface area (Å²) in [6, 6.07) is 8.00. The molecule has 0 saturated heterocycles. The number of hydrogen-bond acceptors (Lipinski definition) is 5. The molecule has 0 saturated carbocycles. The molecule has 0 radical (unpaired) electrons. The molecule has 0 bridgehead atoms. The molecule has 1 aromatic rings. The summed E-state index contributed by atoms with van der Waals surface area (Å²) in [5.74, 6) is 0. The first-order valence-corrected chi connectivity index (χ1v) is 5.53. The highest BCUT2D eigenvalue weighted by Crippen LogP contribution is 2.09. The molecule has 0 amide bonds. The van der Waals surface area contributed by atoms with E-state index in [2.05, 4.69) is 4.18 Å². The monoisotopic (exact) mass is 232 g/mol. The number of rotatable bonds is 2. The van der Waals surface area contributed by atoms with E-state index >= 15 is 0 Å². The Morgan fingerprint density at radius 1 is 1.20 bits per heavy atom. The predicted molar refractivity (Wildman–Crippen MR) is 56.7 cm³/mol. The Kier molecular flexibility index (Phi) is 6.18. The third-order valence-electron chi connectivity index (χ3n) is 1.25. The third-order valence-corrected chi connectivity index (χ3v) is 2.54.